The van der Waals surface area contributed by atoms with Crippen LogP contribution in [0.25, 0.3) is 0 Å². The van der Waals surface area contributed by atoms with Crippen LogP contribution in [0.4, 0.5) is 0 Å². The van der Waals surface area contributed by atoms with E-state index in [1.165, 1.54) is 114 Å². The van der Waals surface area contributed by atoms with Crippen molar-refractivity contribution in [2.75, 3.05) is 19.8 Å². The van der Waals surface area contributed by atoms with Crippen LogP contribution < -0.4 is 10.6 Å². The lowest BCUT2D eigenvalue weighted by atomic mass is 9.94. The minimum Gasteiger partial charge on any atom is -0.481 e. The number of rotatable bonds is 37. The Labute approximate surface area is 344 Å². The number of nitrogens with zero attached hydrogens (tertiary/aromatic N) is 1. The van der Waals surface area contributed by atoms with Crippen molar-refractivity contribution >= 4 is 23.7 Å². The van der Waals surface area contributed by atoms with Crippen molar-refractivity contribution in [1.29, 1.82) is 0 Å². The first-order chi connectivity index (χ1) is 27.6. The topological polar surface area (TPSA) is 206 Å². The Morgan fingerprint density at radius 2 is 1.05 bits per heavy atom. The number of aliphatic hydroxyl groups excluding tert-OH is 4. The second kappa shape index (κ2) is 34.5. The summed E-state index contributed by atoms with van der Waals surface area (Å²) in [4.78, 5) is 52.1. The summed E-state index contributed by atoms with van der Waals surface area (Å²) >= 11 is 0. The van der Waals surface area contributed by atoms with E-state index in [9.17, 15) is 39.6 Å². The van der Waals surface area contributed by atoms with Gasteiger partial charge in [-0.25, -0.2) is 0 Å². The highest BCUT2D eigenvalue weighted by Gasteiger charge is 2.48. The number of aliphatic carboxylic acids is 1. The molecule has 0 saturated carbocycles. The molecule has 0 bridgehead atoms. The van der Waals surface area contributed by atoms with E-state index >= 15 is 0 Å². The lowest BCUT2D eigenvalue weighted by Gasteiger charge is -2.47. The van der Waals surface area contributed by atoms with E-state index in [2.05, 4.69) is 24.5 Å². The summed E-state index contributed by atoms with van der Waals surface area (Å²) in [5, 5.41) is 55.9. The highest BCUT2D eigenvalue weighted by molar-refractivity contribution is 5.88. The number of aliphatic hydroxyl groups is 4. The fourth-order valence-corrected chi connectivity index (χ4v) is 7.60. The quantitative estimate of drug-likeness (QED) is 0.0333. The molecule has 0 aromatic heterocycles. The Kier molecular flexibility index (Phi) is 31.9. The SMILES string of the molecule is CCCCCCCCCCCCCCCCCCN(C(=O)CCCCCCCCCCC)[C@@H]1O[C@H](CO)[C@@H](O)[C@H](O)[C@H]1NC(=O)[C@H](CO)NC(=O)CCCC(=O)O. The highest BCUT2D eigenvalue weighted by Crippen LogP contribution is 2.26. The first-order valence-corrected chi connectivity index (χ1v) is 22.9. The molecule has 1 fully saturated rings. The van der Waals surface area contributed by atoms with Crippen LogP contribution in [0.2, 0.25) is 0 Å². The molecule has 1 heterocycles. The number of unbranched alkanes of at least 4 members (excludes halogenated alkanes) is 23. The van der Waals surface area contributed by atoms with Crippen LogP contribution in [0.1, 0.15) is 200 Å². The first-order valence-electron chi connectivity index (χ1n) is 22.9. The molecule has 13 heteroatoms. The molecular formula is C44H83N3O10. The van der Waals surface area contributed by atoms with Gasteiger partial charge in [-0.15, -0.1) is 0 Å². The van der Waals surface area contributed by atoms with Gasteiger partial charge in [0, 0.05) is 25.8 Å². The summed E-state index contributed by atoms with van der Waals surface area (Å²) in [7, 11) is 0. The Hall–Kier alpha value is -2.32. The number of hydrogen-bond acceptors (Lipinski definition) is 9. The Morgan fingerprint density at radius 3 is 1.49 bits per heavy atom. The third-order valence-corrected chi connectivity index (χ3v) is 11.2. The van der Waals surface area contributed by atoms with E-state index in [0.717, 1.165) is 38.5 Å². The van der Waals surface area contributed by atoms with Crippen LogP contribution >= 0.6 is 0 Å². The van der Waals surface area contributed by atoms with Crippen LogP contribution in [0.15, 0.2) is 0 Å². The summed E-state index contributed by atoms with van der Waals surface area (Å²) in [5.41, 5.74) is 0. The zero-order chi connectivity index (χ0) is 42.1. The number of carbonyl (C=O) groups is 4. The van der Waals surface area contributed by atoms with E-state index in [4.69, 9.17) is 9.84 Å². The normalized spacial score (nSPS) is 19.9. The van der Waals surface area contributed by atoms with E-state index in [-0.39, 0.29) is 38.1 Å². The number of nitrogens with one attached hydrogen (secondary N) is 2. The van der Waals surface area contributed by atoms with Gasteiger partial charge in [-0.3, -0.25) is 19.2 Å². The first kappa shape index (κ1) is 52.7. The van der Waals surface area contributed by atoms with E-state index in [1.807, 2.05) is 0 Å². The van der Waals surface area contributed by atoms with Crippen LogP contribution in [0, 0.1) is 0 Å². The van der Waals surface area contributed by atoms with Crippen molar-refractivity contribution in [2.24, 2.45) is 0 Å². The van der Waals surface area contributed by atoms with Crippen molar-refractivity contribution < 1.29 is 49.4 Å². The van der Waals surface area contributed by atoms with Gasteiger partial charge in [0.15, 0.2) is 6.23 Å². The maximum Gasteiger partial charge on any atom is 0.303 e. The number of carboxylic acid groups (broad SMARTS) is 1. The minimum absolute atomic E-state index is 0.0440. The molecule has 57 heavy (non-hydrogen) atoms. The Bertz CT molecular complexity index is 1050. The largest absolute Gasteiger partial charge is 0.481 e. The lowest BCUT2D eigenvalue weighted by molar-refractivity contribution is -0.231. The van der Waals surface area contributed by atoms with Gasteiger partial charge < -0.3 is 45.8 Å². The molecule has 0 aromatic carbocycles. The van der Waals surface area contributed by atoms with Crippen LogP contribution in [0.3, 0.4) is 0 Å². The van der Waals surface area contributed by atoms with Gasteiger partial charge in [0.25, 0.3) is 0 Å². The van der Waals surface area contributed by atoms with Crippen molar-refractivity contribution in [2.45, 2.75) is 237 Å². The van der Waals surface area contributed by atoms with E-state index in [1.54, 1.807) is 0 Å². The molecule has 0 radical (unpaired) electrons. The molecule has 1 aliphatic rings. The summed E-state index contributed by atoms with van der Waals surface area (Å²) < 4.78 is 6.08. The van der Waals surface area contributed by atoms with E-state index in [0.29, 0.717) is 12.8 Å². The van der Waals surface area contributed by atoms with Crippen LogP contribution in [-0.2, 0) is 23.9 Å². The van der Waals surface area contributed by atoms with E-state index < -0.39 is 67.6 Å². The molecule has 13 nitrogen and oxygen atoms in total. The highest BCUT2D eigenvalue weighted by atomic mass is 16.5. The zero-order valence-corrected chi connectivity index (χ0v) is 35.8. The monoisotopic (exact) mass is 814 g/mol. The van der Waals surface area contributed by atoms with Crippen molar-refractivity contribution in [3.05, 3.63) is 0 Å². The average molecular weight is 814 g/mol. The molecule has 0 spiro atoms. The molecule has 0 aliphatic carbocycles. The molecule has 0 unspecified atom stereocenters. The van der Waals surface area contributed by atoms with Gasteiger partial charge in [-0.2, -0.15) is 0 Å². The molecule has 0 aromatic rings. The fourth-order valence-electron chi connectivity index (χ4n) is 7.60. The third-order valence-electron chi connectivity index (χ3n) is 11.2. The predicted octanol–water partition coefficient (Wildman–Crippen LogP) is 6.65. The van der Waals surface area contributed by atoms with Crippen molar-refractivity contribution in [3.8, 4) is 0 Å². The summed E-state index contributed by atoms with van der Waals surface area (Å²) in [6.07, 6.45) is 23.3. The maximum atomic E-state index is 13.9. The standard InChI is InChI=1S/C44H83N3O10/c1-3-5-7-9-11-13-14-15-16-17-18-19-21-23-25-27-32-47(38(51)30-26-24-22-20-12-10-8-6-4-2)44-40(42(55)41(54)36(34-49)57-44)46-43(56)35(33-48)45-37(50)29-28-31-39(52)53/h35-36,40-42,44,48-49,54-55H,3-34H2,1-2H3,(H,45,50)(H,46,56)(H,52,53)/t35-,36+,40+,41+,42+,44+/m0/s1. The second-order valence-electron chi connectivity index (χ2n) is 16.3. The average Bonchev–Trinajstić information content (AvgIpc) is 3.19. The second-order valence-corrected chi connectivity index (χ2v) is 16.3. The van der Waals surface area contributed by atoms with Crippen molar-refractivity contribution in [1.82, 2.24) is 15.5 Å². The molecule has 1 aliphatic heterocycles. The molecule has 3 amide bonds. The molecule has 1 saturated heterocycles. The summed E-state index contributed by atoms with van der Waals surface area (Å²) in [6.45, 7) is 3.33. The van der Waals surface area contributed by atoms with Crippen LogP contribution in [-0.4, -0.2) is 111 Å². The van der Waals surface area contributed by atoms with Gasteiger partial charge >= 0.3 is 5.97 Å². The summed E-state index contributed by atoms with van der Waals surface area (Å²) in [5.74, 6) is -2.78. The molecule has 334 valence electrons. The predicted molar refractivity (Wildman–Crippen MR) is 223 cm³/mol. The van der Waals surface area contributed by atoms with Gasteiger partial charge in [0.2, 0.25) is 17.7 Å². The van der Waals surface area contributed by atoms with Gasteiger partial charge in [-0.1, -0.05) is 162 Å². The Balaban J connectivity index is 2.86. The Morgan fingerprint density at radius 1 is 0.596 bits per heavy atom. The van der Waals surface area contributed by atoms with Gasteiger partial charge in [0.1, 0.15) is 30.4 Å². The van der Waals surface area contributed by atoms with Gasteiger partial charge in [0.05, 0.1) is 13.2 Å². The zero-order valence-electron chi connectivity index (χ0n) is 35.8. The smallest absolute Gasteiger partial charge is 0.303 e. The minimum atomic E-state index is -1.63. The lowest BCUT2D eigenvalue weighted by Crippen LogP contribution is -2.70. The third kappa shape index (κ3) is 24.4. The number of amides is 3. The molecular weight excluding hydrogens is 730 g/mol. The van der Waals surface area contributed by atoms with Gasteiger partial charge in [-0.05, 0) is 19.3 Å². The summed E-state index contributed by atoms with van der Waals surface area (Å²) in [6, 6.07) is -2.77. The molecule has 6 atom stereocenters. The maximum absolute atomic E-state index is 13.9. The number of hydrogen-bond donors (Lipinski definition) is 7. The number of ether oxygens (including phenoxy) is 1. The van der Waals surface area contributed by atoms with Crippen molar-refractivity contribution in [3.63, 3.8) is 0 Å². The number of carboxylic acids is 1. The number of carbonyl (C=O) groups excluding carboxylic acids is 3. The molecule has 7 N–H and O–H groups in total. The molecule has 1 rings (SSSR count). The fraction of sp³-hybridized carbons (Fsp3) is 0.909. The van der Waals surface area contributed by atoms with Crippen LogP contribution in [0.5, 0.6) is 0 Å².